The number of amides is 1. The Morgan fingerprint density at radius 3 is 2.26 bits per heavy atom. The molecule has 0 unspecified atom stereocenters. The lowest BCUT2D eigenvalue weighted by molar-refractivity contribution is -0.138. The molecule has 1 amide bonds. The first-order chi connectivity index (χ1) is 15.9. The highest BCUT2D eigenvalue weighted by Crippen LogP contribution is 2.15. The minimum absolute atomic E-state index is 0.0539. The molecule has 0 saturated carbocycles. The molecule has 194 valence electrons. The van der Waals surface area contributed by atoms with E-state index in [4.69, 9.17) is 9.47 Å². The quantitative estimate of drug-likeness (QED) is 0.294. The lowest BCUT2D eigenvalue weighted by atomic mass is 10.1. The van der Waals surface area contributed by atoms with Gasteiger partial charge in [-0.1, -0.05) is 38.3 Å². The second-order valence-electron chi connectivity index (χ2n) is 9.22. The van der Waals surface area contributed by atoms with Crippen LogP contribution in [0.25, 0.3) is 0 Å². The number of carboxylic acid groups (broad SMARTS) is 1. The summed E-state index contributed by atoms with van der Waals surface area (Å²) in [5, 5.41) is 12.1. The summed E-state index contributed by atoms with van der Waals surface area (Å²) in [5.74, 6) is -0.618. The van der Waals surface area contributed by atoms with Gasteiger partial charge in [0.15, 0.2) is 0 Å². The SMILES string of the molecule is CCCCS(=O)(=O)N[C@@H](Cc1ccc(OCCCCCCNC(=O)OC(C)(C)C)cc1)C(=O)O. The van der Waals surface area contributed by atoms with E-state index in [0.29, 0.717) is 37.3 Å². The van der Waals surface area contributed by atoms with E-state index in [9.17, 15) is 23.1 Å². The summed E-state index contributed by atoms with van der Waals surface area (Å²) in [5.41, 5.74) is 0.207. The number of carbonyl (C=O) groups excluding carboxylic acids is 1. The van der Waals surface area contributed by atoms with Gasteiger partial charge in [0.2, 0.25) is 10.0 Å². The third-order valence-electron chi connectivity index (χ3n) is 4.76. The normalized spacial score (nSPS) is 12.7. The predicted octanol–water partition coefficient (Wildman–Crippen LogP) is 3.87. The zero-order valence-electron chi connectivity index (χ0n) is 20.8. The average Bonchev–Trinajstić information content (AvgIpc) is 2.73. The van der Waals surface area contributed by atoms with E-state index < -0.39 is 33.7 Å². The van der Waals surface area contributed by atoms with Crippen LogP contribution < -0.4 is 14.8 Å². The van der Waals surface area contributed by atoms with Gasteiger partial charge in [0.25, 0.3) is 0 Å². The number of carboxylic acids is 1. The number of alkyl carbamates (subject to hydrolysis) is 1. The molecule has 0 spiro atoms. The summed E-state index contributed by atoms with van der Waals surface area (Å²) >= 11 is 0. The maximum Gasteiger partial charge on any atom is 0.407 e. The van der Waals surface area contributed by atoms with Crippen molar-refractivity contribution in [3.8, 4) is 5.75 Å². The molecule has 1 atom stereocenters. The van der Waals surface area contributed by atoms with Crippen molar-refractivity contribution >= 4 is 22.1 Å². The topological polar surface area (TPSA) is 131 Å². The van der Waals surface area contributed by atoms with E-state index in [1.54, 1.807) is 24.3 Å². The smallest absolute Gasteiger partial charge is 0.407 e. The fraction of sp³-hybridized carbons (Fsp3) is 0.667. The number of sulfonamides is 1. The Morgan fingerprint density at radius 2 is 1.68 bits per heavy atom. The maximum absolute atomic E-state index is 12.0. The average molecular weight is 501 g/mol. The van der Waals surface area contributed by atoms with Gasteiger partial charge in [-0.2, -0.15) is 0 Å². The van der Waals surface area contributed by atoms with E-state index >= 15 is 0 Å². The number of carbonyl (C=O) groups is 2. The van der Waals surface area contributed by atoms with Gasteiger partial charge in [0, 0.05) is 6.54 Å². The number of ether oxygens (including phenoxy) is 2. The Bertz CT molecular complexity index is 849. The zero-order valence-corrected chi connectivity index (χ0v) is 21.6. The summed E-state index contributed by atoms with van der Waals surface area (Å²) in [4.78, 5) is 23.1. The largest absolute Gasteiger partial charge is 0.494 e. The van der Waals surface area contributed by atoms with Crippen molar-refractivity contribution in [1.82, 2.24) is 10.0 Å². The molecule has 9 nitrogen and oxygen atoms in total. The van der Waals surface area contributed by atoms with Crippen LogP contribution in [-0.4, -0.2) is 56.1 Å². The maximum atomic E-state index is 12.0. The predicted molar refractivity (Wildman–Crippen MR) is 132 cm³/mol. The molecular weight excluding hydrogens is 460 g/mol. The highest BCUT2D eigenvalue weighted by atomic mass is 32.2. The molecule has 0 aliphatic rings. The molecule has 1 rings (SSSR count). The number of hydrogen-bond acceptors (Lipinski definition) is 6. The highest BCUT2D eigenvalue weighted by molar-refractivity contribution is 7.89. The number of benzene rings is 1. The van der Waals surface area contributed by atoms with Crippen molar-refractivity contribution in [1.29, 1.82) is 0 Å². The monoisotopic (exact) mass is 500 g/mol. The third-order valence-corrected chi connectivity index (χ3v) is 6.23. The molecule has 3 N–H and O–H groups in total. The highest BCUT2D eigenvalue weighted by Gasteiger charge is 2.24. The Balaban J connectivity index is 2.30. The van der Waals surface area contributed by atoms with Crippen LogP contribution in [-0.2, 0) is 26.0 Å². The summed E-state index contributed by atoms with van der Waals surface area (Å²) in [6.45, 7) is 8.47. The van der Waals surface area contributed by atoms with Crippen LogP contribution in [0.3, 0.4) is 0 Å². The number of nitrogens with one attached hydrogen (secondary N) is 2. The van der Waals surface area contributed by atoms with E-state index in [-0.39, 0.29) is 12.2 Å². The fourth-order valence-electron chi connectivity index (χ4n) is 3.02. The lowest BCUT2D eigenvalue weighted by Crippen LogP contribution is -2.43. The van der Waals surface area contributed by atoms with E-state index in [2.05, 4.69) is 10.0 Å². The molecule has 1 aromatic rings. The summed E-state index contributed by atoms with van der Waals surface area (Å²) in [6.07, 6.45) is 4.51. The molecule has 1 aromatic carbocycles. The molecule has 0 radical (unpaired) electrons. The third kappa shape index (κ3) is 14.0. The first kappa shape index (κ1) is 29.7. The lowest BCUT2D eigenvalue weighted by Gasteiger charge is -2.19. The summed E-state index contributed by atoms with van der Waals surface area (Å²) in [6, 6.07) is 5.79. The van der Waals surface area contributed by atoms with Crippen LogP contribution in [0.2, 0.25) is 0 Å². The van der Waals surface area contributed by atoms with Gasteiger partial charge in [0.05, 0.1) is 12.4 Å². The molecule has 0 bridgehead atoms. The molecule has 0 fully saturated rings. The summed E-state index contributed by atoms with van der Waals surface area (Å²) < 4.78 is 37.3. The Morgan fingerprint density at radius 1 is 1.03 bits per heavy atom. The second kappa shape index (κ2) is 14.8. The van der Waals surface area contributed by atoms with E-state index in [0.717, 1.165) is 25.7 Å². The van der Waals surface area contributed by atoms with Crippen molar-refractivity contribution in [3.63, 3.8) is 0 Å². The van der Waals surface area contributed by atoms with Gasteiger partial charge < -0.3 is 19.9 Å². The van der Waals surface area contributed by atoms with Gasteiger partial charge in [-0.25, -0.2) is 17.9 Å². The molecule has 0 aliphatic heterocycles. The molecular formula is C24H40N2O7S. The van der Waals surface area contributed by atoms with Crippen molar-refractivity contribution in [2.45, 2.75) is 84.3 Å². The van der Waals surface area contributed by atoms with Crippen LogP contribution >= 0.6 is 0 Å². The standard InChI is InChI=1S/C24H40N2O7S/c1-5-6-17-34(30,31)26-21(22(27)28)18-19-11-13-20(14-12-19)32-16-10-8-7-9-15-25-23(29)33-24(2,3)4/h11-14,21,26H,5-10,15-18H2,1-4H3,(H,25,29)(H,27,28)/t21-/m0/s1. The molecule has 0 aromatic heterocycles. The van der Waals surface area contributed by atoms with Crippen LogP contribution in [0.1, 0.15) is 71.8 Å². The first-order valence-electron chi connectivity index (χ1n) is 11.8. The van der Waals surface area contributed by atoms with Gasteiger partial charge in [-0.3, -0.25) is 4.79 Å². The minimum atomic E-state index is -3.63. The molecule has 34 heavy (non-hydrogen) atoms. The van der Waals surface area contributed by atoms with Crippen molar-refractivity contribution in [2.75, 3.05) is 18.9 Å². The van der Waals surface area contributed by atoms with Gasteiger partial charge >= 0.3 is 12.1 Å². The first-order valence-corrected chi connectivity index (χ1v) is 13.5. The number of rotatable bonds is 16. The minimum Gasteiger partial charge on any atom is -0.494 e. The molecule has 10 heteroatoms. The van der Waals surface area contributed by atoms with Crippen LogP contribution in [0.4, 0.5) is 4.79 Å². The Hall–Kier alpha value is -2.33. The number of aliphatic carboxylic acids is 1. The molecule has 0 saturated heterocycles. The molecule has 0 aliphatic carbocycles. The molecule has 0 heterocycles. The number of unbranched alkanes of at least 4 members (excludes halogenated alkanes) is 4. The number of hydrogen-bond donors (Lipinski definition) is 3. The van der Waals surface area contributed by atoms with Crippen LogP contribution in [0, 0.1) is 0 Å². The van der Waals surface area contributed by atoms with Crippen LogP contribution in [0.15, 0.2) is 24.3 Å². The zero-order chi connectivity index (χ0) is 25.6. The van der Waals surface area contributed by atoms with Crippen LogP contribution in [0.5, 0.6) is 5.75 Å². The van der Waals surface area contributed by atoms with Crippen molar-refractivity contribution in [3.05, 3.63) is 29.8 Å². The van der Waals surface area contributed by atoms with E-state index in [1.807, 2.05) is 27.7 Å². The Kier molecular flexibility index (Phi) is 13.0. The summed E-state index contributed by atoms with van der Waals surface area (Å²) in [7, 11) is -3.63. The van der Waals surface area contributed by atoms with Crippen molar-refractivity contribution < 1.29 is 32.6 Å². The van der Waals surface area contributed by atoms with E-state index in [1.165, 1.54) is 0 Å². The van der Waals surface area contributed by atoms with Gasteiger partial charge in [0.1, 0.15) is 17.4 Å². The van der Waals surface area contributed by atoms with Crippen molar-refractivity contribution in [2.24, 2.45) is 0 Å². The fourth-order valence-corrected chi connectivity index (χ4v) is 4.43. The van der Waals surface area contributed by atoms with Gasteiger partial charge in [-0.15, -0.1) is 0 Å². The Labute approximate surface area is 203 Å². The second-order valence-corrected chi connectivity index (χ2v) is 11.1. The van der Waals surface area contributed by atoms with Gasteiger partial charge in [-0.05, 0) is 64.2 Å².